The molecule has 1 aliphatic rings. The van der Waals surface area contributed by atoms with Gasteiger partial charge in [0, 0.05) is 17.7 Å². The van der Waals surface area contributed by atoms with E-state index in [2.05, 4.69) is 12.2 Å². The number of hydrogen-bond acceptors (Lipinski definition) is 2. The van der Waals surface area contributed by atoms with E-state index in [-0.39, 0.29) is 12.4 Å². The van der Waals surface area contributed by atoms with Gasteiger partial charge in [0.25, 0.3) is 0 Å². The molecule has 1 unspecified atom stereocenters. The van der Waals surface area contributed by atoms with Gasteiger partial charge in [-0.3, -0.25) is 0 Å². The largest absolute Gasteiger partial charge is 0.305 e. The zero-order valence-corrected chi connectivity index (χ0v) is 5.94. The maximum atomic E-state index is 3.28. The number of hydrogen-bond donors (Lipinski definition) is 1. The standard InChI is InChI=1S/C4H9NS.ClH/c1-4-2-6-3-5-4;/h4-5H,2-3H2,1H3;1H. The Morgan fingerprint density at radius 1 is 1.71 bits per heavy atom. The van der Waals surface area contributed by atoms with E-state index in [0.29, 0.717) is 0 Å². The molecule has 1 N–H and O–H groups in total. The van der Waals surface area contributed by atoms with Gasteiger partial charge in [-0.2, -0.15) is 0 Å². The topological polar surface area (TPSA) is 12.0 Å². The van der Waals surface area contributed by atoms with Crippen molar-refractivity contribution in [2.24, 2.45) is 0 Å². The molecule has 0 aromatic rings. The molecule has 1 aliphatic heterocycles. The van der Waals surface area contributed by atoms with Crippen LogP contribution in [0.4, 0.5) is 0 Å². The quantitative estimate of drug-likeness (QED) is 0.540. The maximum Gasteiger partial charge on any atom is 0.0420 e. The summed E-state index contributed by atoms with van der Waals surface area (Å²) in [6, 6.07) is 0.759. The minimum absolute atomic E-state index is 0. The Morgan fingerprint density at radius 2 is 2.43 bits per heavy atom. The van der Waals surface area contributed by atoms with Crippen LogP contribution in [0.5, 0.6) is 0 Å². The normalized spacial score (nSPS) is 29.6. The van der Waals surface area contributed by atoms with E-state index in [1.165, 1.54) is 5.75 Å². The van der Waals surface area contributed by atoms with Crippen molar-refractivity contribution in [1.82, 2.24) is 5.32 Å². The van der Waals surface area contributed by atoms with Crippen molar-refractivity contribution in [3.63, 3.8) is 0 Å². The highest BCUT2D eigenvalue weighted by Crippen LogP contribution is 2.07. The number of nitrogens with one attached hydrogen (secondary N) is 1. The summed E-state index contributed by atoms with van der Waals surface area (Å²) >= 11 is 1.97. The lowest BCUT2D eigenvalue weighted by Crippen LogP contribution is -2.18. The van der Waals surface area contributed by atoms with E-state index in [1.54, 1.807) is 0 Å². The molecule has 1 atom stereocenters. The molecule has 0 aromatic heterocycles. The lowest BCUT2D eigenvalue weighted by atomic mass is 10.4. The zero-order valence-electron chi connectivity index (χ0n) is 4.31. The number of rotatable bonds is 0. The fourth-order valence-electron chi connectivity index (χ4n) is 0.496. The third-order valence-electron chi connectivity index (χ3n) is 0.902. The van der Waals surface area contributed by atoms with Crippen LogP contribution in [0.2, 0.25) is 0 Å². The van der Waals surface area contributed by atoms with Crippen molar-refractivity contribution in [2.75, 3.05) is 11.6 Å². The summed E-state index contributed by atoms with van der Waals surface area (Å²) in [5, 5.41) is 3.28. The Morgan fingerprint density at radius 3 is 2.57 bits per heavy atom. The van der Waals surface area contributed by atoms with Gasteiger partial charge in [0.2, 0.25) is 0 Å². The molecular formula is C4H10ClNS. The highest BCUT2D eigenvalue weighted by atomic mass is 35.5. The molecule has 1 saturated heterocycles. The second kappa shape index (κ2) is 3.58. The molecule has 1 fully saturated rings. The van der Waals surface area contributed by atoms with E-state index >= 15 is 0 Å². The average molecular weight is 140 g/mol. The molecule has 1 heterocycles. The van der Waals surface area contributed by atoms with Gasteiger partial charge in [-0.15, -0.1) is 24.2 Å². The summed E-state index contributed by atoms with van der Waals surface area (Å²) in [6.45, 7) is 2.21. The van der Waals surface area contributed by atoms with E-state index in [1.807, 2.05) is 11.8 Å². The van der Waals surface area contributed by atoms with Gasteiger partial charge in [-0.1, -0.05) is 0 Å². The van der Waals surface area contributed by atoms with E-state index < -0.39 is 0 Å². The number of halogens is 1. The SMILES string of the molecule is CC1CSCN1.Cl. The minimum Gasteiger partial charge on any atom is -0.305 e. The van der Waals surface area contributed by atoms with Crippen molar-refractivity contribution in [3.05, 3.63) is 0 Å². The van der Waals surface area contributed by atoms with Crippen LogP contribution < -0.4 is 5.32 Å². The van der Waals surface area contributed by atoms with E-state index in [4.69, 9.17) is 0 Å². The highest BCUT2D eigenvalue weighted by Gasteiger charge is 2.05. The summed E-state index contributed by atoms with van der Waals surface area (Å²) in [6.07, 6.45) is 0. The summed E-state index contributed by atoms with van der Waals surface area (Å²) in [7, 11) is 0. The molecule has 3 heteroatoms. The number of thioether (sulfide) groups is 1. The zero-order chi connectivity index (χ0) is 4.41. The molecule has 0 saturated carbocycles. The fraction of sp³-hybridized carbons (Fsp3) is 1.00. The lowest BCUT2D eigenvalue weighted by molar-refractivity contribution is 0.692. The van der Waals surface area contributed by atoms with Crippen LogP contribution in [0.1, 0.15) is 6.92 Å². The molecule has 0 radical (unpaired) electrons. The van der Waals surface area contributed by atoms with E-state index in [0.717, 1.165) is 11.9 Å². The van der Waals surface area contributed by atoms with Crippen LogP contribution in [0.3, 0.4) is 0 Å². The van der Waals surface area contributed by atoms with Crippen molar-refractivity contribution in [3.8, 4) is 0 Å². The molecule has 1 rings (SSSR count). The molecule has 0 aliphatic carbocycles. The Bertz CT molecular complexity index is 45.0. The third kappa shape index (κ3) is 2.42. The van der Waals surface area contributed by atoms with Crippen LogP contribution in [-0.2, 0) is 0 Å². The van der Waals surface area contributed by atoms with Gasteiger partial charge in [0.15, 0.2) is 0 Å². The van der Waals surface area contributed by atoms with Crippen molar-refractivity contribution >= 4 is 24.2 Å². The Hall–Kier alpha value is 0.600. The second-order valence-corrected chi connectivity index (χ2v) is 2.65. The van der Waals surface area contributed by atoms with Gasteiger partial charge < -0.3 is 5.32 Å². The monoisotopic (exact) mass is 139 g/mol. The molecule has 44 valence electrons. The Labute approximate surface area is 54.7 Å². The van der Waals surface area contributed by atoms with Crippen molar-refractivity contribution in [1.29, 1.82) is 0 Å². The van der Waals surface area contributed by atoms with Crippen LogP contribution in [0, 0.1) is 0 Å². The third-order valence-corrected chi connectivity index (χ3v) is 2.01. The van der Waals surface area contributed by atoms with Crippen LogP contribution in [0.25, 0.3) is 0 Å². The summed E-state index contributed by atoms with van der Waals surface area (Å²) < 4.78 is 0. The van der Waals surface area contributed by atoms with E-state index in [9.17, 15) is 0 Å². The average Bonchev–Trinajstić information content (AvgIpc) is 1.86. The van der Waals surface area contributed by atoms with Crippen LogP contribution in [0.15, 0.2) is 0 Å². The first-order chi connectivity index (χ1) is 2.89. The Balaban J connectivity index is 0.000000360. The van der Waals surface area contributed by atoms with Crippen molar-refractivity contribution < 1.29 is 0 Å². The van der Waals surface area contributed by atoms with Gasteiger partial charge in [-0.25, -0.2) is 0 Å². The van der Waals surface area contributed by atoms with Gasteiger partial charge in [-0.05, 0) is 6.92 Å². The molecule has 7 heavy (non-hydrogen) atoms. The van der Waals surface area contributed by atoms with Gasteiger partial charge in [0.05, 0.1) is 0 Å². The van der Waals surface area contributed by atoms with Crippen molar-refractivity contribution in [2.45, 2.75) is 13.0 Å². The highest BCUT2D eigenvalue weighted by molar-refractivity contribution is 7.99. The predicted molar refractivity (Wildman–Crippen MR) is 37.2 cm³/mol. The predicted octanol–water partition coefficient (Wildman–Crippen LogP) is 1.09. The second-order valence-electron chi connectivity index (χ2n) is 1.62. The first-order valence-electron chi connectivity index (χ1n) is 2.21. The van der Waals surface area contributed by atoms with Crippen LogP contribution in [-0.4, -0.2) is 17.7 Å². The van der Waals surface area contributed by atoms with Gasteiger partial charge in [0.1, 0.15) is 0 Å². The first kappa shape index (κ1) is 7.60. The van der Waals surface area contributed by atoms with Crippen LogP contribution >= 0.6 is 24.2 Å². The molecule has 1 nitrogen and oxygen atoms in total. The smallest absolute Gasteiger partial charge is 0.0420 e. The lowest BCUT2D eigenvalue weighted by Gasteiger charge is -1.93. The molecule has 0 bridgehead atoms. The summed E-state index contributed by atoms with van der Waals surface area (Å²) in [5.41, 5.74) is 0. The fourth-order valence-corrected chi connectivity index (χ4v) is 1.49. The first-order valence-corrected chi connectivity index (χ1v) is 3.36. The molecule has 0 amide bonds. The maximum absolute atomic E-state index is 3.28. The molecular weight excluding hydrogens is 130 g/mol. The minimum atomic E-state index is 0. The summed E-state index contributed by atoms with van der Waals surface area (Å²) in [4.78, 5) is 0. The Kier molecular flexibility index (Phi) is 3.89. The molecule has 0 spiro atoms. The molecule has 0 aromatic carbocycles. The summed E-state index contributed by atoms with van der Waals surface area (Å²) in [5.74, 6) is 2.45. The van der Waals surface area contributed by atoms with Gasteiger partial charge >= 0.3 is 0 Å².